The zero-order valence-electron chi connectivity index (χ0n) is 13.4. The van der Waals surface area contributed by atoms with E-state index in [0.717, 1.165) is 12.0 Å². The van der Waals surface area contributed by atoms with Crippen LogP contribution >= 0.6 is 0 Å². The summed E-state index contributed by atoms with van der Waals surface area (Å²) in [5, 5.41) is 0. The molecule has 0 aromatic carbocycles. The van der Waals surface area contributed by atoms with Crippen LogP contribution < -0.4 is 0 Å². The normalized spacial score (nSPS) is 22.4. The molecule has 0 aromatic rings. The number of methoxy groups -OCH3 is 1. The van der Waals surface area contributed by atoms with E-state index in [1.54, 1.807) is 20.8 Å². The Kier molecular flexibility index (Phi) is 5.76. The van der Waals surface area contributed by atoms with E-state index in [-0.39, 0.29) is 0 Å². The molecule has 0 N–H and O–H groups in total. The highest BCUT2D eigenvalue weighted by Crippen LogP contribution is 2.30. The third-order valence-corrected chi connectivity index (χ3v) is 4.00. The van der Waals surface area contributed by atoms with Gasteiger partial charge in [-0.1, -0.05) is 0 Å². The quantitative estimate of drug-likeness (QED) is 0.416. The summed E-state index contributed by atoms with van der Waals surface area (Å²) in [6.45, 7) is 4.09. The summed E-state index contributed by atoms with van der Waals surface area (Å²) < 4.78 is 72.9. The molecule has 2 atom stereocenters. The maximum absolute atomic E-state index is 12.4. The number of amides is 1. The molecule has 0 saturated carbocycles. The maximum Gasteiger partial charge on any atom is 0.523 e. The number of halogens is 3. The molecule has 1 aliphatic heterocycles. The molecule has 1 saturated heterocycles. The van der Waals surface area contributed by atoms with Crippen LogP contribution in [0, 0.1) is 0 Å². The number of ether oxygens (including phenoxy) is 2. The number of carbonyl (C=O) groups is 2. The van der Waals surface area contributed by atoms with Gasteiger partial charge in [-0.25, -0.2) is 9.59 Å². The molecular formula is C12H18F3NO7S. The second-order valence-electron chi connectivity index (χ2n) is 6.03. The van der Waals surface area contributed by atoms with E-state index in [1.807, 2.05) is 0 Å². The number of rotatable bonds is 3. The zero-order valence-corrected chi connectivity index (χ0v) is 14.2. The molecule has 1 amide bonds. The van der Waals surface area contributed by atoms with E-state index in [1.165, 1.54) is 0 Å². The topological polar surface area (TPSA) is 99.2 Å². The SMILES string of the molecule is COC(=O)[C@@H]1C[C@H](OS(=O)(=O)C(F)(F)F)CN1C(=O)OC(C)(C)C. The summed E-state index contributed by atoms with van der Waals surface area (Å²) in [4.78, 5) is 24.6. The van der Waals surface area contributed by atoms with Crippen molar-refractivity contribution in [3.63, 3.8) is 0 Å². The van der Waals surface area contributed by atoms with Gasteiger partial charge < -0.3 is 9.47 Å². The first-order valence-corrected chi connectivity index (χ1v) is 8.16. The third kappa shape index (κ3) is 4.97. The molecule has 1 aliphatic rings. The molecule has 0 aromatic heterocycles. The van der Waals surface area contributed by atoms with Crippen molar-refractivity contribution in [3.8, 4) is 0 Å². The molecule has 0 bridgehead atoms. The average molecular weight is 377 g/mol. The monoisotopic (exact) mass is 377 g/mol. The van der Waals surface area contributed by atoms with Crippen molar-refractivity contribution in [2.75, 3.05) is 13.7 Å². The lowest BCUT2D eigenvalue weighted by Crippen LogP contribution is -2.44. The second kappa shape index (κ2) is 6.75. The van der Waals surface area contributed by atoms with Crippen molar-refractivity contribution in [3.05, 3.63) is 0 Å². The van der Waals surface area contributed by atoms with Gasteiger partial charge in [0.1, 0.15) is 11.6 Å². The molecule has 24 heavy (non-hydrogen) atoms. The Bertz CT molecular complexity index is 597. The van der Waals surface area contributed by atoms with Crippen LogP contribution in [-0.2, 0) is 28.6 Å². The number of nitrogens with zero attached hydrogens (tertiary/aromatic N) is 1. The van der Waals surface area contributed by atoms with Gasteiger partial charge in [-0.15, -0.1) is 0 Å². The van der Waals surface area contributed by atoms with Gasteiger partial charge in [-0.05, 0) is 20.8 Å². The van der Waals surface area contributed by atoms with Crippen molar-refractivity contribution < 1.29 is 44.8 Å². The van der Waals surface area contributed by atoms with E-state index in [4.69, 9.17) is 4.74 Å². The van der Waals surface area contributed by atoms with Crippen LogP contribution in [0.3, 0.4) is 0 Å². The first-order valence-electron chi connectivity index (χ1n) is 6.75. The fourth-order valence-electron chi connectivity index (χ4n) is 1.98. The van der Waals surface area contributed by atoms with Gasteiger partial charge in [-0.3, -0.25) is 9.08 Å². The van der Waals surface area contributed by atoms with Crippen LogP contribution in [0.1, 0.15) is 27.2 Å². The Hall–Kier alpha value is -1.56. The van der Waals surface area contributed by atoms with Gasteiger partial charge >= 0.3 is 27.7 Å². The number of likely N-dealkylation sites (tertiary alicyclic amines) is 1. The summed E-state index contributed by atoms with van der Waals surface area (Å²) in [5.41, 5.74) is -6.53. The Morgan fingerprint density at radius 3 is 2.12 bits per heavy atom. The molecule has 1 fully saturated rings. The van der Waals surface area contributed by atoms with Crippen LogP contribution in [0.2, 0.25) is 0 Å². The van der Waals surface area contributed by atoms with Gasteiger partial charge in [0, 0.05) is 6.42 Å². The van der Waals surface area contributed by atoms with E-state index >= 15 is 0 Å². The molecule has 0 unspecified atom stereocenters. The van der Waals surface area contributed by atoms with E-state index < -0.39 is 58.4 Å². The molecule has 1 heterocycles. The molecule has 8 nitrogen and oxygen atoms in total. The van der Waals surface area contributed by atoms with Gasteiger partial charge in [0.15, 0.2) is 0 Å². The number of hydrogen-bond acceptors (Lipinski definition) is 7. The zero-order chi connectivity index (χ0) is 18.9. The van der Waals surface area contributed by atoms with Crippen LogP contribution in [0.25, 0.3) is 0 Å². The maximum atomic E-state index is 12.4. The standard InChI is InChI=1S/C12H18F3NO7S/c1-11(2,3)22-10(18)16-6-7(5-8(16)9(17)21-4)23-24(19,20)12(13,14)15/h7-8H,5-6H2,1-4H3/t7-,8-/m0/s1. The lowest BCUT2D eigenvalue weighted by atomic mass is 10.2. The number of hydrogen-bond donors (Lipinski definition) is 0. The highest BCUT2D eigenvalue weighted by Gasteiger charge is 2.51. The minimum absolute atomic E-state index is 0.471. The molecule has 1 rings (SSSR count). The van der Waals surface area contributed by atoms with Crippen molar-refractivity contribution in [2.45, 2.75) is 50.4 Å². The molecule has 0 radical (unpaired) electrons. The van der Waals surface area contributed by atoms with E-state index in [0.29, 0.717) is 0 Å². The van der Waals surface area contributed by atoms with Crippen LogP contribution in [0.4, 0.5) is 18.0 Å². The molecule has 0 aliphatic carbocycles. The molecule has 12 heteroatoms. The Morgan fingerprint density at radius 1 is 1.17 bits per heavy atom. The van der Waals surface area contributed by atoms with Crippen LogP contribution in [-0.4, -0.2) is 62.3 Å². The Morgan fingerprint density at radius 2 is 1.71 bits per heavy atom. The van der Waals surface area contributed by atoms with Crippen molar-refractivity contribution in [1.82, 2.24) is 4.90 Å². The minimum atomic E-state index is -5.85. The lowest BCUT2D eigenvalue weighted by molar-refractivity contribution is -0.145. The van der Waals surface area contributed by atoms with Gasteiger partial charge in [-0.2, -0.15) is 21.6 Å². The van der Waals surface area contributed by atoms with Crippen molar-refractivity contribution in [2.24, 2.45) is 0 Å². The Labute approximate surface area is 137 Å². The minimum Gasteiger partial charge on any atom is -0.467 e. The smallest absolute Gasteiger partial charge is 0.467 e. The lowest BCUT2D eigenvalue weighted by Gasteiger charge is -2.27. The van der Waals surface area contributed by atoms with Crippen molar-refractivity contribution in [1.29, 1.82) is 0 Å². The average Bonchev–Trinajstić information content (AvgIpc) is 2.77. The van der Waals surface area contributed by atoms with Crippen LogP contribution in [0.15, 0.2) is 0 Å². The van der Waals surface area contributed by atoms with E-state index in [9.17, 15) is 31.2 Å². The fraction of sp³-hybridized carbons (Fsp3) is 0.833. The molecule has 140 valence electrons. The summed E-state index contributed by atoms with van der Waals surface area (Å²) in [6.07, 6.45) is -3.01. The van der Waals surface area contributed by atoms with Crippen molar-refractivity contribution >= 4 is 22.2 Å². The highest BCUT2D eigenvalue weighted by molar-refractivity contribution is 7.87. The number of esters is 1. The van der Waals surface area contributed by atoms with E-state index in [2.05, 4.69) is 8.92 Å². The predicted molar refractivity (Wildman–Crippen MR) is 73.2 cm³/mol. The fourth-order valence-corrected chi connectivity index (χ4v) is 2.59. The van der Waals surface area contributed by atoms with Crippen LogP contribution in [0.5, 0.6) is 0 Å². The second-order valence-corrected chi connectivity index (χ2v) is 7.59. The molecule has 0 spiro atoms. The molecular weight excluding hydrogens is 359 g/mol. The summed E-state index contributed by atoms with van der Waals surface area (Å²) >= 11 is 0. The summed E-state index contributed by atoms with van der Waals surface area (Å²) in [7, 11) is -4.83. The highest BCUT2D eigenvalue weighted by atomic mass is 32.2. The number of carbonyl (C=O) groups excluding carboxylic acids is 2. The predicted octanol–water partition coefficient (Wildman–Crippen LogP) is 1.40. The number of alkyl halides is 3. The van der Waals surface area contributed by atoms with Gasteiger partial charge in [0.05, 0.1) is 19.8 Å². The summed E-state index contributed by atoms with van der Waals surface area (Å²) in [6, 6.07) is -1.31. The third-order valence-electron chi connectivity index (χ3n) is 2.91. The van der Waals surface area contributed by atoms with Gasteiger partial charge in [0.25, 0.3) is 0 Å². The van der Waals surface area contributed by atoms with Gasteiger partial charge in [0.2, 0.25) is 0 Å². The largest absolute Gasteiger partial charge is 0.523 e. The summed E-state index contributed by atoms with van der Waals surface area (Å²) in [5.74, 6) is -0.920. The Balaban J connectivity index is 2.96. The first kappa shape index (κ1) is 20.5. The first-order chi connectivity index (χ1) is 10.7.